The molecule has 2 N–H and O–H groups in total. The Hall–Kier alpha value is -0.0800. The van der Waals surface area contributed by atoms with Crippen molar-refractivity contribution < 1.29 is 4.74 Å². The van der Waals surface area contributed by atoms with Gasteiger partial charge in [0, 0.05) is 6.04 Å². The van der Waals surface area contributed by atoms with Gasteiger partial charge in [0.25, 0.3) is 0 Å². The van der Waals surface area contributed by atoms with E-state index in [1.807, 2.05) is 0 Å². The molecular weight excluding hydrogens is 198 g/mol. The molecule has 3 atom stereocenters. The third kappa shape index (κ3) is 4.42. The van der Waals surface area contributed by atoms with E-state index >= 15 is 0 Å². The van der Waals surface area contributed by atoms with E-state index in [1.54, 1.807) is 0 Å². The third-order valence-corrected chi connectivity index (χ3v) is 3.76. The maximum absolute atomic E-state index is 6.11. The molecule has 2 nitrogen and oxygen atoms in total. The quantitative estimate of drug-likeness (QED) is 0.803. The minimum absolute atomic E-state index is 0.139. The third-order valence-electron chi connectivity index (χ3n) is 3.76. The molecule has 0 aliphatic heterocycles. The molecule has 0 aromatic carbocycles. The van der Waals surface area contributed by atoms with Gasteiger partial charge in [-0.25, -0.2) is 0 Å². The van der Waals surface area contributed by atoms with Crippen molar-refractivity contribution in [3.8, 4) is 0 Å². The maximum Gasteiger partial charge on any atom is 0.0626 e. The van der Waals surface area contributed by atoms with Gasteiger partial charge >= 0.3 is 0 Å². The molecular formula is C14H29NO. The largest absolute Gasteiger partial charge is 0.377 e. The van der Waals surface area contributed by atoms with Gasteiger partial charge in [-0.2, -0.15) is 0 Å². The van der Waals surface area contributed by atoms with Gasteiger partial charge in [0.15, 0.2) is 0 Å². The van der Waals surface area contributed by atoms with Crippen LogP contribution in [0, 0.1) is 17.3 Å². The van der Waals surface area contributed by atoms with Crippen molar-refractivity contribution in [1.29, 1.82) is 0 Å². The molecule has 0 aromatic rings. The highest BCUT2D eigenvalue weighted by atomic mass is 16.5. The van der Waals surface area contributed by atoms with E-state index in [2.05, 4.69) is 34.6 Å². The number of hydrogen-bond donors (Lipinski definition) is 1. The summed E-state index contributed by atoms with van der Waals surface area (Å²) in [7, 11) is 0. The van der Waals surface area contributed by atoms with E-state index < -0.39 is 0 Å². The van der Waals surface area contributed by atoms with Crippen molar-refractivity contribution in [1.82, 2.24) is 0 Å². The van der Waals surface area contributed by atoms with Crippen LogP contribution in [0.2, 0.25) is 0 Å². The van der Waals surface area contributed by atoms with E-state index in [0.29, 0.717) is 12.7 Å². The second kappa shape index (κ2) is 5.50. The lowest BCUT2D eigenvalue weighted by Crippen LogP contribution is -2.41. The molecule has 1 fully saturated rings. The van der Waals surface area contributed by atoms with Gasteiger partial charge < -0.3 is 10.5 Å². The molecule has 1 aliphatic rings. The molecule has 0 radical (unpaired) electrons. The van der Waals surface area contributed by atoms with E-state index in [-0.39, 0.29) is 11.5 Å². The molecule has 0 bridgehead atoms. The van der Waals surface area contributed by atoms with Crippen molar-refractivity contribution in [2.75, 3.05) is 6.61 Å². The number of hydrogen-bond acceptors (Lipinski definition) is 2. The Balaban J connectivity index is 2.32. The number of nitrogens with two attached hydrogens (primary N) is 1. The van der Waals surface area contributed by atoms with Gasteiger partial charge in [-0.3, -0.25) is 0 Å². The monoisotopic (exact) mass is 227 g/mol. The van der Waals surface area contributed by atoms with Crippen LogP contribution in [-0.4, -0.2) is 18.8 Å². The first-order valence-corrected chi connectivity index (χ1v) is 6.66. The van der Waals surface area contributed by atoms with Crippen molar-refractivity contribution in [3.05, 3.63) is 0 Å². The zero-order valence-corrected chi connectivity index (χ0v) is 11.6. The fourth-order valence-electron chi connectivity index (χ4n) is 2.50. The molecule has 0 aromatic heterocycles. The fourth-order valence-corrected chi connectivity index (χ4v) is 2.50. The molecule has 0 amide bonds. The maximum atomic E-state index is 6.11. The lowest BCUT2D eigenvalue weighted by Gasteiger charge is -2.34. The van der Waals surface area contributed by atoms with Gasteiger partial charge in [-0.1, -0.05) is 34.6 Å². The van der Waals surface area contributed by atoms with Crippen LogP contribution in [-0.2, 0) is 4.74 Å². The SMILES string of the molecule is CC1CC(C)CC(OCC(N)C(C)(C)C)C1. The summed E-state index contributed by atoms with van der Waals surface area (Å²) in [5.74, 6) is 1.61. The normalized spacial score (nSPS) is 33.8. The van der Waals surface area contributed by atoms with Crippen molar-refractivity contribution in [3.63, 3.8) is 0 Å². The van der Waals surface area contributed by atoms with Gasteiger partial charge in [0.2, 0.25) is 0 Å². The first kappa shape index (κ1) is 14.0. The minimum Gasteiger partial charge on any atom is -0.377 e. The summed E-state index contributed by atoms with van der Waals surface area (Å²) in [6.45, 7) is 11.9. The predicted octanol–water partition coefficient (Wildman–Crippen LogP) is 3.20. The average Bonchev–Trinajstić information content (AvgIpc) is 2.11. The molecule has 96 valence electrons. The van der Waals surface area contributed by atoms with Crippen LogP contribution in [0.15, 0.2) is 0 Å². The van der Waals surface area contributed by atoms with Crippen molar-refractivity contribution >= 4 is 0 Å². The second-order valence-electron chi connectivity index (χ2n) is 6.85. The van der Waals surface area contributed by atoms with E-state index in [0.717, 1.165) is 11.8 Å². The predicted molar refractivity (Wildman–Crippen MR) is 69.3 cm³/mol. The van der Waals surface area contributed by atoms with Crippen molar-refractivity contribution in [2.45, 2.75) is 66.0 Å². The number of ether oxygens (including phenoxy) is 1. The first-order chi connectivity index (χ1) is 7.29. The highest BCUT2D eigenvalue weighted by Gasteiger charge is 2.27. The summed E-state index contributed by atoms with van der Waals surface area (Å²) in [6.07, 6.45) is 4.21. The van der Waals surface area contributed by atoms with E-state index in [1.165, 1.54) is 19.3 Å². The van der Waals surface area contributed by atoms with E-state index in [4.69, 9.17) is 10.5 Å². The molecule has 0 saturated heterocycles. The highest BCUT2D eigenvalue weighted by Crippen LogP contribution is 2.30. The molecule has 0 heterocycles. The Bertz CT molecular complexity index is 199. The Morgan fingerprint density at radius 1 is 1.12 bits per heavy atom. The van der Waals surface area contributed by atoms with Gasteiger partial charge in [0.05, 0.1) is 12.7 Å². The van der Waals surface area contributed by atoms with Crippen LogP contribution in [0.5, 0.6) is 0 Å². The molecule has 1 rings (SSSR count). The van der Waals surface area contributed by atoms with Crippen LogP contribution < -0.4 is 5.73 Å². The van der Waals surface area contributed by atoms with Crippen LogP contribution in [0.25, 0.3) is 0 Å². The topological polar surface area (TPSA) is 35.2 Å². The van der Waals surface area contributed by atoms with Gasteiger partial charge in [-0.15, -0.1) is 0 Å². The van der Waals surface area contributed by atoms with Crippen LogP contribution in [0.3, 0.4) is 0 Å². The van der Waals surface area contributed by atoms with Crippen molar-refractivity contribution in [2.24, 2.45) is 23.0 Å². The van der Waals surface area contributed by atoms with Crippen LogP contribution in [0.1, 0.15) is 53.9 Å². The summed E-state index contributed by atoms with van der Waals surface area (Å²) in [5, 5.41) is 0. The zero-order valence-electron chi connectivity index (χ0n) is 11.6. The summed E-state index contributed by atoms with van der Waals surface area (Å²) < 4.78 is 5.99. The standard InChI is InChI=1S/C14H29NO/c1-10-6-11(2)8-12(7-10)16-9-13(15)14(3,4)5/h10-13H,6-9,15H2,1-5H3. The lowest BCUT2D eigenvalue weighted by atomic mass is 9.81. The number of rotatable bonds is 3. The highest BCUT2D eigenvalue weighted by molar-refractivity contribution is 4.79. The summed E-state index contributed by atoms with van der Waals surface area (Å²) in [5.41, 5.74) is 6.26. The minimum atomic E-state index is 0.139. The lowest BCUT2D eigenvalue weighted by molar-refractivity contribution is -0.0163. The van der Waals surface area contributed by atoms with Gasteiger partial charge in [0.1, 0.15) is 0 Å². The molecule has 2 heteroatoms. The Kier molecular flexibility index (Phi) is 4.81. The van der Waals surface area contributed by atoms with Crippen LogP contribution in [0.4, 0.5) is 0 Å². The summed E-state index contributed by atoms with van der Waals surface area (Å²) >= 11 is 0. The Morgan fingerprint density at radius 3 is 2.06 bits per heavy atom. The van der Waals surface area contributed by atoms with Gasteiger partial charge in [-0.05, 0) is 36.5 Å². The van der Waals surface area contributed by atoms with E-state index in [9.17, 15) is 0 Å². The molecule has 1 aliphatic carbocycles. The zero-order chi connectivity index (χ0) is 12.3. The Morgan fingerprint density at radius 2 is 1.62 bits per heavy atom. The molecule has 0 spiro atoms. The smallest absolute Gasteiger partial charge is 0.0626 e. The first-order valence-electron chi connectivity index (χ1n) is 6.66. The average molecular weight is 227 g/mol. The summed E-state index contributed by atoms with van der Waals surface area (Å²) in [4.78, 5) is 0. The van der Waals surface area contributed by atoms with Crippen LogP contribution >= 0.6 is 0 Å². The molecule has 3 unspecified atom stereocenters. The molecule has 1 saturated carbocycles. The Labute approximate surface area is 101 Å². The molecule has 16 heavy (non-hydrogen) atoms. The second-order valence-corrected chi connectivity index (χ2v) is 6.85. The fraction of sp³-hybridized carbons (Fsp3) is 1.00. The summed E-state index contributed by atoms with van der Waals surface area (Å²) in [6, 6.07) is 0.139.